The summed E-state index contributed by atoms with van der Waals surface area (Å²) in [7, 11) is -0.787. The van der Waals surface area contributed by atoms with Gasteiger partial charge in [-0.1, -0.05) is 31.2 Å². The molecule has 0 spiro atoms. The Morgan fingerprint density at radius 2 is 2.19 bits per heavy atom. The van der Waals surface area contributed by atoms with Gasteiger partial charge in [-0.2, -0.15) is 0 Å². The number of aryl methyl sites for hydroxylation is 1. The van der Waals surface area contributed by atoms with Gasteiger partial charge in [0.2, 0.25) is 0 Å². The van der Waals surface area contributed by atoms with Crippen molar-refractivity contribution in [1.82, 2.24) is 0 Å². The second kappa shape index (κ2) is 5.11. The van der Waals surface area contributed by atoms with Crippen molar-refractivity contribution < 1.29 is 4.21 Å². The monoisotopic (exact) mass is 237 g/mol. The first-order valence-corrected chi connectivity index (χ1v) is 7.32. The van der Waals surface area contributed by atoms with Gasteiger partial charge in [-0.25, -0.2) is 0 Å². The number of fused-ring (bicyclic) bond motifs is 1. The molecule has 0 saturated heterocycles. The van der Waals surface area contributed by atoms with Gasteiger partial charge >= 0.3 is 0 Å². The predicted octanol–water partition coefficient (Wildman–Crippen LogP) is 2.16. The molecule has 0 fully saturated rings. The van der Waals surface area contributed by atoms with Crippen LogP contribution in [0.25, 0.3) is 0 Å². The highest BCUT2D eigenvalue weighted by Crippen LogP contribution is 2.30. The fourth-order valence-corrected chi connectivity index (χ4v) is 3.80. The molecule has 3 atom stereocenters. The molecule has 88 valence electrons. The van der Waals surface area contributed by atoms with E-state index in [-0.39, 0.29) is 11.3 Å². The summed E-state index contributed by atoms with van der Waals surface area (Å²) in [6.45, 7) is 1.97. The predicted molar refractivity (Wildman–Crippen MR) is 68.8 cm³/mol. The third-order valence-corrected chi connectivity index (χ3v) is 5.15. The third-order valence-electron chi connectivity index (χ3n) is 3.37. The summed E-state index contributed by atoms with van der Waals surface area (Å²) >= 11 is 0. The summed E-state index contributed by atoms with van der Waals surface area (Å²) < 4.78 is 12.0. The Labute approximate surface area is 99.7 Å². The molecule has 1 aliphatic carbocycles. The fourth-order valence-electron chi connectivity index (χ4n) is 2.47. The molecular formula is C13H19NOS. The minimum Gasteiger partial charge on any atom is -0.323 e. The van der Waals surface area contributed by atoms with Crippen molar-refractivity contribution in [1.29, 1.82) is 0 Å². The molecule has 1 aromatic rings. The number of rotatable bonds is 2. The van der Waals surface area contributed by atoms with Crippen LogP contribution < -0.4 is 5.73 Å². The highest BCUT2D eigenvalue weighted by atomic mass is 32.2. The Kier molecular flexibility index (Phi) is 3.77. The van der Waals surface area contributed by atoms with Crippen molar-refractivity contribution in [2.75, 3.05) is 5.75 Å². The van der Waals surface area contributed by atoms with Crippen molar-refractivity contribution >= 4 is 10.8 Å². The van der Waals surface area contributed by atoms with Gasteiger partial charge in [-0.3, -0.25) is 4.21 Å². The Bertz CT molecular complexity index is 391. The number of hydrogen-bond acceptors (Lipinski definition) is 2. The number of hydrogen-bond donors (Lipinski definition) is 1. The molecule has 0 saturated carbocycles. The Morgan fingerprint density at radius 3 is 2.94 bits per heavy atom. The summed E-state index contributed by atoms with van der Waals surface area (Å²) in [5, 5.41) is 0.133. The van der Waals surface area contributed by atoms with Gasteiger partial charge in [0.25, 0.3) is 0 Å². The Morgan fingerprint density at radius 1 is 1.44 bits per heavy atom. The van der Waals surface area contributed by atoms with Gasteiger partial charge in [0.1, 0.15) is 0 Å². The van der Waals surface area contributed by atoms with Crippen LogP contribution in [0.1, 0.15) is 36.9 Å². The molecule has 0 radical (unpaired) electrons. The maximum absolute atomic E-state index is 12.0. The van der Waals surface area contributed by atoms with Gasteiger partial charge < -0.3 is 5.73 Å². The van der Waals surface area contributed by atoms with Crippen molar-refractivity contribution in [3.05, 3.63) is 35.4 Å². The molecule has 3 heteroatoms. The van der Waals surface area contributed by atoms with Gasteiger partial charge in [-0.05, 0) is 30.4 Å². The largest absolute Gasteiger partial charge is 0.323 e. The Hall–Kier alpha value is -0.670. The van der Waals surface area contributed by atoms with E-state index in [0.29, 0.717) is 5.75 Å². The molecule has 2 rings (SSSR count). The van der Waals surface area contributed by atoms with Gasteiger partial charge in [-0.15, -0.1) is 0 Å². The quantitative estimate of drug-likeness (QED) is 0.801. The standard InChI is InChI=1S/C13H19NOS/c1-2-16(15)12-9-5-7-10-6-3-4-8-11(10)13(12)14/h3-4,6,8,12-13H,2,5,7,9,14H2,1H3. The lowest BCUT2D eigenvalue weighted by Gasteiger charge is -2.21. The van der Waals surface area contributed by atoms with Crippen LogP contribution in [0.3, 0.4) is 0 Å². The minimum absolute atomic E-state index is 0.0560. The van der Waals surface area contributed by atoms with Crippen LogP contribution in [0.5, 0.6) is 0 Å². The van der Waals surface area contributed by atoms with E-state index < -0.39 is 10.8 Å². The zero-order chi connectivity index (χ0) is 11.5. The molecule has 0 heterocycles. The fraction of sp³-hybridized carbons (Fsp3) is 0.538. The molecule has 1 aromatic carbocycles. The van der Waals surface area contributed by atoms with Crippen molar-refractivity contribution in [3.8, 4) is 0 Å². The van der Waals surface area contributed by atoms with E-state index in [0.717, 1.165) is 19.3 Å². The SMILES string of the molecule is CCS(=O)C1CCCc2ccccc2C1N. The van der Waals surface area contributed by atoms with Crippen molar-refractivity contribution in [3.63, 3.8) is 0 Å². The maximum Gasteiger partial charge on any atom is 0.0540 e. The van der Waals surface area contributed by atoms with Gasteiger partial charge in [0, 0.05) is 22.6 Å². The highest BCUT2D eigenvalue weighted by molar-refractivity contribution is 7.85. The number of benzene rings is 1. The van der Waals surface area contributed by atoms with E-state index in [1.807, 2.05) is 13.0 Å². The smallest absolute Gasteiger partial charge is 0.0540 e. The molecule has 2 nitrogen and oxygen atoms in total. The van der Waals surface area contributed by atoms with Crippen LogP contribution >= 0.6 is 0 Å². The lowest BCUT2D eigenvalue weighted by Crippen LogP contribution is -2.30. The zero-order valence-corrected chi connectivity index (χ0v) is 10.5. The topological polar surface area (TPSA) is 43.1 Å². The van der Waals surface area contributed by atoms with E-state index in [2.05, 4.69) is 18.2 Å². The third kappa shape index (κ3) is 2.20. The summed E-state index contributed by atoms with van der Waals surface area (Å²) in [5.41, 5.74) is 8.81. The minimum atomic E-state index is -0.787. The van der Waals surface area contributed by atoms with Crippen LogP contribution in [-0.4, -0.2) is 15.2 Å². The second-order valence-electron chi connectivity index (χ2n) is 4.32. The summed E-state index contributed by atoms with van der Waals surface area (Å²) in [6, 6.07) is 8.26. The van der Waals surface area contributed by atoms with E-state index in [9.17, 15) is 4.21 Å². The van der Waals surface area contributed by atoms with Gasteiger partial charge in [0.15, 0.2) is 0 Å². The highest BCUT2D eigenvalue weighted by Gasteiger charge is 2.28. The van der Waals surface area contributed by atoms with Gasteiger partial charge in [0.05, 0.1) is 5.25 Å². The average Bonchev–Trinajstić information content (AvgIpc) is 2.49. The molecule has 0 bridgehead atoms. The normalized spacial score (nSPS) is 26.9. The second-order valence-corrected chi connectivity index (χ2v) is 6.27. The molecule has 0 aliphatic heterocycles. The first-order chi connectivity index (χ1) is 7.74. The summed E-state index contributed by atoms with van der Waals surface area (Å²) in [4.78, 5) is 0. The molecule has 2 N–H and O–H groups in total. The molecule has 16 heavy (non-hydrogen) atoms. The van der Waals surface area contributed by atoms with Crippen LogP contribution in [0, 0.1) is 0 Å². The molecule has 0 aromatic heterocycles. The maximum atomic E-state index is 12.0. The average molecular weight is 237 g/mol. The lowest BCUT2D eigenvalue weighted by atomic mass is 10.00. The van der Waals surface area contributed by atoms with E-state index in [1.54, 1.807) is 0 Å². The number of nitrogens with two attached hydrogens (primary N) is 1. The van der Waals surface area contributed by atoms with Crippen molar-refractivity contribution in [2.24, 2.45) is 5.73 Å². The Balaban J connectivity index is 2.33. The lowest BCUT2D eigenvalue weighted by molar-refractivity contribution is 0.597. The molecular weight excluding hydrogens is 218 g/mol. The molecule has 1 aliphatic rings. The van der Waals surface area contributed by atoms with E-state index in [1.165, 1.54) is 11.1 Å². The summed E-state index contributed by atoms with van der Waals surface area (Å²) in [6.07, 6.45) is 3.15. The van der Waals surface area contributed by atoms with E-state index >= 15 is 0 Å². The van der Waals surface area contributed by atoms with Crippen LogP contribution in [0.2, 0.25) is 0 Å². The zero-order valence-electron chi connectivity index (χ0n) is 9.69. The van der Waals surface area contributed by atoms with Crippen LogP contribution in [-0.2, 0) is 17.2 Å². The van der Waals surface area contributed by atoms with E-state index in [4.69, 9.17) is 5.73 Å². The molecule has 0 amide bonds. The first kappa shape index (κ1) is 11.8. The summed E-state index contributed by atoms with van der Waals surface area (Å²) in [5.74, 6) is 0.709. The van der Waals surface area contributed by atoms with Crippen molar-refractivity contribution in [2.45, 2.75) is 37.5 Å². The first-order valence-electron chi connectivity index (χ1n) is 5.94. The van der Waals surface area contributed by atoms with Crippen LogP contribution in [0.4, 0.5) is 0 Å². The molecule has 3 unspecified atom stereocenters. The van der Waals surface area contributed by atoms with Crippen LogP contribution in [0.15, 0.2) is 24.3 Å².